The Kier molecular flexibility index (Phi) is 9.11. The van der Waals surface area contributed by atoms with Crippen LogP contribution in [0.1, 0.15) is 77.6 Å². The first-order chi connectivity index (χ1) is 11.3. The van der Waals surface area contributed by atoms with Crippen molar-refractivity contribution in [1.29, 1.82) is 0 Å². The zero-order chi connectivity index (χ0) is 16.3. The van der Waals surface area contributed by atoms with Crippen LogP contribution in [0.2, 0.25) is 0 Å². The molecule has 2 aliphatic rings. The Bertz CT molecular complexity index is 310. The molecule has 0 heterocycles. The van der Waals surface area contributed by atoms with Crippen molar-refractivity contribution < 1.29 is 9.47 Å². The van der Waals surface area contributed by atoms with E-state index in [2.05, 4.69) is 13.0 Å². The molecule has 0 aliphatic heterocycles. The fraction of sp³-hybridized carbons (Fsp3) is 0.905. The molecule has 2 rings (SSSR count). The van der Waals surface area contributed by atoms with E-state index in [1.807, 2.05) is 13.4 Å². The molecule has 0 saturated heterocycles. The summed E-state index contributed by atoms with van der Waals surface area (Å²) < 4.78 is 11.0. The van der Waals surface area contributed by atoms with Crippen molar-refractivity contribution >= 4 is 0 Å². The molecule has 2 saturated carbocycles. The monoisotopic (exact) mass is 322 g/mol. The summed E-state index contributed by atoms with van der Waals surface area (Å²) in [4.78, 5) is 0. The van der Waals surface area contributed by atoms with Crippen LogP contribution in [-0.4, -0.2) is 20.3 Å². The summed E-state index contributed by atoms with van der Waals surface area (Å²) >= 11 is 0. The molecule has 0 atom stereocenters. The van der Waals surface area contributed by atoms with Crippen LogP contribution in [0.3, 0.4) is 0 Å². The largest absolute Gasteiger partial charge is 0.501 e. The second-order valence-electron chi connectivity index (χ2n) is 7.92. The van der Waals surface area contributed by atoms with Crippen LogP contribution in [0.5, 0.6) is 0 Å². The lowest BCUT2D eigenvalue weighted by Gasteiger charge is -2.31. The maximum atomic E-state index is 5.64. The van der Waals surface area contributed by atoms with Crippen molar-refractivity contribution in [3.63, 3.8) is 0 Å². The molecular formula is C21H38O2. The summed E-state index contributed by atoms with van der Waals surface area (Å²) in [6.45, 7) is 4.06. The maximum Gasteiger partial charge on any atom is 0.0901 e. The molecule has 2 aliphatic carbocycles. The van der Waals surface area contributed by atoms with E-state index in [1.54, 1.807) is 0 Å². The quantitative estimate of drug-likeness (QED) is 0.487. The van der Waals surface area contributed by atoms with E-state index in [-0.39, 0.29) is 0 Å². The van der Waals surface area contributed by atoms with Gasteiger partial charge in [0.05, 0.1) is 12.9 Å². The molecule has 0 amide bonds. The predicted octanol–water partition coefficient (Wildman–Crippen LogP) is 5.97. The molecule has 2 nitrogen and oxygen atoms in total. The third-order valence-corrected chi connectivity index (χ3v) is 6.08. The van der Waals surface area contributed by atoms with Gasteiger partial charge in [0.2, 0.25) is 0 Å². The number of allylic oxidation sites excluding steroid dienone is 1. The Labute approximate surface area is 144 Å². The Morgan fingerprint density at radius 3 is 1.70 bits per heavy atom. The zero-order valence-electron chi connectivity index (χ0n) is 15.5. The maximum absolute atomic E-state index is 5.64. The number of hydrogen-bond acceptors (Lipinski definition) is 2. The molecule has 0 bridgehead atoms. The molecule has 0 aromatic heterocycles. The highest BCUT2D eigenvalue weighted by atomic mass is 16.5. The van der Waals surface area contributed by atoms with Gasteiger partial charge < -0.3 is 9.47 Å². The standard InChI is InChI=1S/C21H38O2/c1-3-4-15-23-17-21-13-9-19(10-14-21)6-5-18-7-11-20(12-8-18)16-22-2/h4,15,18-21H,3,5-14,16-17H2,1-2H3/b15-4-/t18-,19-,20-,21-. The van der Waals surface area contributed by atoms with Crippen LogP contribution in [0.15, 0.2) is 12.3 Å². The first kappa shape index (κ1) is 18.8. The highest BCUT2D eigenvalue weighted by Crippen LogP contribution is 2.36. The molecule has 0 aromatic rings. The van der Waals surface area contributed by atoms with Crippen LogP contribution < -0.4 is 0 Å². The van der Waals surface area contributed by atoms with Crippen LogP contribution in [0.4, 0.5) is 0 Å². The third-order valence-electron chi connectivity index (χ3n) is 6.08. The smallest absolute Gasteiger partial charge is 0.0901 e. The number of methoxy groups -OCH3 is 1. The number of ether oxygens (including phenoxy) is 2. The van der Waals surface area contributed by atoms with E-state index < -0.39 is 0 Å². The molecule has 134 valence electrons. The highest BCUT2D eigenvalue weighted by molar-refractivity contribution is 4.77. The number of hydrogen-bond donors (Lipinski definition) is 0. The van der Waals surface area contributed by atoms with Gasteiger partial charge in [-0.15, -0.1) is 0 Å². The average Bonchev–Trinajstić information content (AvgIpc) is 2.59. The van der Waals surface area contributed by atoms with Crippen LogP contribution >= 0.6 is 0 Å². The summed E-state index contributed by atoms with van der Waals surface area (Å²) in [6.07, 6.45) is 19.3. The minimum Gasteiger partial charge on any atom is -0.501 e. The lowest BCUT2D eigenvalue weighted by atomic mass is 9.76. The molecule has 0 aromatic carbocycles. The number of rotatable bonds is 9. The lowest BCUT2D eigenvalue weighted by molar-refractivity contribution is 0.113. The van der Waals surface area contributed by atoms with Gasteiger partial charge in [-0.25, -0.2) is 0 Å². The second kappa shape index (κ2) is 11.1. The lowest BCUT2D eigenvalue weighted by Crippen LogP contribution is -2.21. The minimum absolute atomic E-state index is 0.803. The van der Waals surface area contributed by atoms with Gasteiger partial charge in [-0.05, 0) is 55.8 Å². The normalized spacial score (nSPS) is 32.3. The van der Waals surface area contributed by atoms with Gasteiger partial charge in [0.15, 0.2) is 0 Å². The minimum atomic E-state index is 0.803. The van der Waals surface area contributed by atoms with Crippen LogP contribution in [-0.2, 0) is 9.47 Å². The SMILES string of the molecule is CC/C=C\OC[C@H]1CC[C@H](CC[C@H]2CC[C@H](COC)CC2)CC1. The highest BCUT2D eigenvalue weighted by Gasteiger charge is 2.24. The molecule has 23 heavy (non-hydrogen) atoms. The van der Waals surface area contributed by atoms with Gasteiger partial charge in [0, 0.05) is 13.7 Å². The summed E-state index contributed by atoms with van der Waals surface area (Å²) in [5.41, 5.74) is 0. The van der Waals surface area contributed by atoms with Gasteiger partial charge in [-0.1, -0.05) is 51.5 Å². The zero-order valence-corrected chi connectivity index (χ0v) is 15.5. The van der Waals surface area contributed by atoms with E-state index in [0.717, 1.165) is 43.3 Å². The van der Waals surface area contributed by atoms with Crippen molar-refractivity contribution in [2.45, 2.75) is 77.6 Å². The molecular weight excluding hydrogens is 284 g/mol. The Hall–Kier alpha value is -0.500. The van der Waals surface area contributed by atoms with E-state index in [9.17, 15) is 0 Å². The first-order valence-electron chi connectivity index (χ1n) is 10.1. The van der Waals surface area contributed by atoms with Gasteiger partial charge in [-0.2, -0.15) is 0 Å². The van der Waals surface area contributed by atoms with E-state index in [1.165, 1.54) is 64.2 Å². The van der Waals surface area contributed by atoms with Crippen molar-refractivity contribution in [2.24, 2.45) is 23.7 Å². The Balaban J connectivity index is 1.52. The molecule has 0 radical (unpaired) electrons. The topological polar surface area (TPSA) is 18.5 Å². The summed E-state index contributed by atoms with van der Waals surface area (Å²) in [5.74, 6) is 3.64. The molecule has 2 heteroatoms. The molecule has 0 N–H and O–H groups in total. The predicted molar refractivity (Wildman–Crippen MR) is 97.4 cm³/mol. The van der Waals surface area contributed by atoms with Crippen molar-refractivity contribution in [3.8, 4) is 0 Å². The van der Waals surface area contributed by atoms with E-state index >= 15 is 0 Å². The third kappa shape index (κ3) is 7.28. The van der Waals surface area contributed by atoms with Gasteiger partial charge in [-0.3, -0.25) is 0 Å². The summed E-state index contributed by atoms with van der Waals surface area (Å²) in [6, 6.07) is 0. The molecule has 0 unspecified atom stereocenters. The molecule has 0 spiro atoms. The van der Waals surface area contributed by atoms with Crippen molar-refractivity contribution in [2.75, 3.05) is 20.3 Å². The van der Waals surface area contributed by atoms with Gasteiger partial charge in [0.25, 0.3) is 0 Å². The Morgan fingerprint density at radius 1 is 0.739 bits per heavy atom. The summed E-state index contributed by atoms with van der Waals surface area (Å²) in [5, 5.41) is 0. The first-order valence-corrected chi connectivity index (χ1v) is 10.1. The Morgan fingerprint density at radius 2 is 1.22 bits per heavy atom. The van der Waals surface area contributed by atoms with Crippen LogP contribution in [0.25, 0.3) is 0 Å². The summed E-state index contributed by atoms with van der Waals surface area (Å²) in [7, 11) is 1.84. The van der Waals surface area contributed by atoms with Gasteiger partial charge >= 0.3 is 0 Å². The van der Waals surface area contributed by atoms with Crippen LogP contribution in [0, 0.1) is 23.7 Å². The second-order valence-corrected chi connectivity index (χ2v) is 7.92. The van der Waals surface area contributed by atoms with Gasteiger partial charge in [0.1, 0.15) is 0 Å². The van der Waals surface area contributed by atoms with E-state index in [0.29, 0.717) is 0 Å². The fourth-order valence-corrected chi connectivity index (χ4v) is 4.44. The average molecular weight is 323 g/mol. The fourth-order valence-electron chi connectivity index (χ4n) is 4.44. The van der Waals surface area contributed by atoms with Crippen molar-refractivity contribution in [3.05, 3.63) is 12.3 Å². The van der Waals surface area contributed by atoms with E-state index in [4.69, 9.17) is 9.47 Å². The molecule has 2 fully saturated rings. The van der Waals surface area contributed by atoms with Crippen molar-refractivity contribution in [1.82, 2.24) is 0 Å².